The molecule has 4 aliphatic rings. The van der Waals surface area contributed by atoms with Crippen LogP contribution < -0.4 is 5.32 Å². The van der Waals surface area contributed by atoms with Gasteiger partial charge in [0.1, 0.15) is 12.6 Å². The second-order valence-corrected chi connectivity index (χ2v) is 11.8. The number of ether oxygens (including phenoxy) is 3. The number of carbonyl (C=O) groups is 2. The highest BCUT2D eigenvalue weighted by molar-refractivity contribution is 5.92. The monoisotopic (exact) mass is 513 g/mol. The summed E-state index contributed by atoms with van der Waals surface area (Å²) in [6.45, 7) is 5.05. The van der Waals surface area contributed by atoms with Gasteiger partial charge in [0.2, 0.25) is 0 Å². The smallest absolute Gasteiger partial charge is 0.335 e. The van der Waals surface area contributed by atoms with Crippen LogP contribution in [0.4, 0.5) is 0 Å². The van der Waals surface area contributed by atoms with E-state index in [4.69, 9.17) is 14.2 Å². The van der Waals surface area contributed by atoms with Crippen LogP contribution in [0.3, 0.4) is 0 Å². The van der Waals surface area contributed by atoms with Crippen molar-refractivity contribution in [2.75, 3.05) is 26.9 Å². The molecule has 0 bridgehead atoms. The maximum atomic E-state index is 12.9. The Morgan fingerprint density at radius 3 is 2.54 bits per heavy atom. The van der Waals surface area contributed by atoms with Crippen molar-refractivity contribution in [3.63, 3.8) is 0 Å². The molecule has 8 nitrogen and oxygen atoms in total. The Morgan fingerprint density at radius 1 is 1.22 bits per heavy atom. The first-order chi connectivity index (χ1) is 17.7. The Hall–Kier alpha value is -2.26. The summed E-state index contributed by atoms with van der Waals surface area (Å²) in [4.78, 5) is 25.7. The molecule has 3 N–H and O–H groups in total. The summed E-state index contributed by atoms with van der Waals surface area (Å²) in [5, 5.41) is 24.8. The van der Waals surface area contributed by atoms with Gasteiger partial charge in [-0.05, 0) is 61.0 Å². The number of epoxide rings is 1. The van der Waals surface area contributed by atoms with E-state index in [1.165, 1.54) is 7.11 Å². The topological polar surface area (TPSA) is 118 Å². The number of esters is 2. The average molecular weight is 514 g/mol. The lowest BCUT2D eigenvalue weighted by Crippen LogP contribution is -2.61. The summed E-state index contributed by atoms with van der Waals surface area (Å²) in [6, 6.07) is 8.14. The predicted octanol–water partition coefficient (Wildman–Crippen LogP) is 2.69. The number of carbonyl (C=O) groups excluding carboxylic acids is 2. The highest BCUT2D eigenvalue weighted by atomic mass is 16.6. The summed E-state index contributed by atoms with van der Waals surface area (Å²) in [5.74, 6) is -0.652. The van der Waals surface area contributed by atoms with Crippen LogP contribution in [-0.2, 0) is 23.8 Å². The average Bonchev–Trinajstić information content (AvgIpc) is 3.55. The number of aliphatic hydroxyl groups is 2. The van der Waals surface area contributed by atoms with E-state index >= 15 is 0 Å². The summed E-state index contributed by atoms with van der Waals surface area (Å²) < 4.78 is 16.6. The van der Waals surface area contributed by atoms with Gasteiger partial charge >= 0.3 is 11.9 Å². The van der Waals surface area contributed by atoms with Crippen LogP contribution in [0.1, 0.15) is 57.6 Å². The molecule has 4 unspecified atom stereocenters. The van der Waals surface area contributed by atoms with Gasteiger partial charge in [-0.3, -0.25) is 5.32 Å². The minimum absolute atomic E-state index is 0.0537. The molecule has 0 radical (unpaired) electrons. The van der Waals surface area contributed by atoms with E-state index in [-0.39, 0.29) is 42.0 Å². The fourth-order valence-corrected chi connectivity index (χ4v) is 7.76. The number of hydrogen-bond acceptors (Lipinski definition) is 8. The first-order valence-corrected chi connectivity index (χ1v) is 13.4. The third-order valence-electron chi connectivity index (χ3n) is 9.99. The van der Waals surface area contributed by atoms with Crippen molar-refractivity contribution in [2.45, 2.75) is 69.7 Å². The van der Waals surface area contributed by atoms with Gasteiger partial charge in [-0.15, -0.1) is 0 Å². The summed E-state index contributed by atoms with van der Waals surface area (Å²) in [6.07, 6.45) is 4.92. The molecular formula is C29H39NO7. The second-order valence-electron chi connectivity index (χ2n) is 11.8. The maximum Gasteiger partial charge on any atom is 0.335 e. The molecule has 8 heteroatoms. The molecule has 1 aromatic rings. The minimum Gasteiger partial charge on any atom is -0.468 e. The molecule has 37 heavy (non-hydrogen) atoms. The minimum atomic E-state index is -0.760. The Kier molecular flexibility index (Phi) is 6.98. The zero-order valence-corrected chi connectivity index (χ0v) is 21.9. The number of nitrogens with one attached hydrogen (secondary N) is 1. The SMILES string of the molecule is COC(=O)C(NC(C[C@H]1[C@]2(CCC3[C@](C)(CO)C(O)CC[C@@]31C)CO2)C1=CCOC1=O)c1ccccc1. The predicted molar refractivity (Wildman–Crippen MR) is 135 cm³/mol. The number of methoxy groups -OCH3 is 1. The van der Waals surface area contributed by atoms with Crippen molar-refractivity contribution in [1.29, 1.82) is 0 Å². The van der Waals surface area contributed by atoms with Gasteiger partial charge in [0, 0.05) is 11.5 Å². The fraction of sp³-hybridized carbons (Fsp3) is 0.655. The lowest BCUT2D eigenvalue weighted by Gasteiger charge is -2.61. The summed E-state index contributed by atoms with van der Waals surface area (Å²) >= 11 is 0. The number of cyclic esters (lactones) is 1. The van der Waals surface area contributed by atoms with Crippen LogP contribution in [-0.4, -0.2) is 66.8 Å². The van der Waals surface area contributed by atoms with Gasteiger partial charge in [0.25, 0.3) is 0 Å². The van der Waals surface area contributed by atoms with E-state index in [1.54, 1.807) is 6.08 Å². The van der Waals surface area contributed by atoms with Gasteiger partial charge in [-0.1, -0.05) is 44.2 Å². The lowest BCUT2D eigenvalue weighted by atomic mass is 9.44. The fourth-order valence-electron chi connectivity index (χ4n) is 7.76. The zero-order valence-electron chi connectivity index (χ0n) is 21.9. The van der Waals surface area contributed by atoms with Crippen molar-refractivity contribution >= 4 is 11.9 Å². The Morgan fingerprint density at radius 2 is 1.95 bits per heavy atom. The molecule has 2 aliphatic carbocycles. The highest BCUT2D eigenvalue weighted by Gasteiger charge is 2.67. The van der Waals surface area contributed by atoms with Crippen molar-refractivity contribution < 1.29 is 34.0 Å². The van der Waals surface area contributed by atoms with Gasteiger partial charge in [0.15, 0.2) is 0 Å². The molecule has 1 saturated heterocycles. The molecule has 1 spiro atoms. The Balaban J connectivity index is 1.51. The molecule has 3 fully saturated rings. The number of benzene rings is 1. The molecule has 0 aromatic heterocycles. The summed E-state index contributed by atoms with van der Waals surface area (Å²) in [7, 11) is 1.36. The second kappa shape index (κ2) is 9.80. The van der Waals surface area contributed by atoms with E-state index in [0.29, 0.717) is 25.0 Å². The first kappa shape index (κ1) is 26.4. The van der Waals surface area contributed by atoms with Crippen molar-refractivity contribution in [3.05, 3.63) is 47.5 Å². The normalized spacial score (nSPS) is 38.4. The van der Waals surface area contributed by atoms with Crippen molar-refractivity contribution in [2.24, 2.45) is 22.7 Å². The van der Waals surface area contributed by atoms with E-state index in [0.717, 1.165) is 24.8 Å². The maximum absolute atomic E-state index is 12.9. The third-order valence-corrected chi connectivity index (χ3v) is 9.99. The standard InChI is InChI=1S/C29H39NO7/c1-27-12-10-23(32)28(2,16-31)21(27)9-13-29(17-37-29)22(27)15-20(19-11-14-36-25(19)33)30-24(26(34)35-3)18-7-5-4-6-8-18/h4-8,11,20-24,30-32H,9-10,12-17H2,1-3H3/t20?,21?,22-,23?,24?,27+,28+,29+/m1/s1. The molecule has 2 heterocycles. The van der Waals surface area contributed by atoms with Crippen LogP contribution >= 0.6 is 0 Å². The van der Waals surface area contributed by atoms with E-state index < -0.39 is 29.6 Å². The number of fused-ring (bicyclic) bond motifs is 1. The van der Waals surface area contributed by atoms with Gasteiger partial charge in [-0.2, -0.15) is 0 Å². The number of hydrogen-bond donors (Lipinski definition) is 3. The lowest BCUT2D eigenvalue weighted by molar-refractivity contribution is -0.178. The third kappa shape index (κ3) is 4.42. The van der Waals surface area contributed by atoms with Crippen molar-refractivity contribution in [3.8, 4) is 0 Å². The van der Waals surface area contributed by atoms with Crippen molar-refractivity contribution in [1.82, 2.24) is 5.32 Å². The molecule has 8 atom stereocenters. The van der Waals surface area contributed by atoms with Gasteiger partial charge in [-0.25, -0.2) is 9.59 Å². The van der Waals surface area contributed by atoms with Crippen LogP contribution in [0.2, 0.25) is 0 Å². The molecule has 0 amide bonds. The molecular weight excluding hydrogens is 474 g/mol. The summed E-state index contributed by atoms with van der Waals surface area (Å²) in [5.41, 5.74) is 0.161. The van der Waals surface area contributed by atoms with E-state index in [2.05, 4.69) is 12.2 Å². The molecule has 2 saturated carbocycles. The zero-order chi connectivity index (χ0) is 26.4. The highest BCUT2D eigenvalue weighted by Crippen LogP contribution is 2.66. The van der Waals surface area contributed by atoms with E-state index in [1.807, 2.05) is 37.3 Å². The van der Waals surface area contributed by atoms with Crippen LogP contribution in [0.5, 0.6) is 0 Å². The van der Waals surface area contributed by atoms with Gasteiger partial charge < -0.3 is 24.4 Å². The first-order valence-electron chi connectivity index (χ1n) is 13.4. The molecule has 1 aromatic carbocycles. The van der Waals surface area contributed by atoms with Crippen LogP contribution in [0.25, 0.3) is 0 Å². The Bertz CT molecular complexity index is 1050. The largest absolute Gasteiger partial charge is 0.468 e. The molecule has 202 valence electrons. The molecule has 5 rings (SSSR count). The van der Waals surface area contributed by atoms with Crippen LogP contribution in [0, 0.1) is 22.7 Å². The number of aliphatic hydroxyl groups excluding tert-OH is 2. The molecule has 2 aliphatic heterocycles. The van der Waals surface area contributed by atoms with Crippen LogP contribution in [0.15, 0.2) is 42.0 Å². The van der Waals surface area contributed by atoms with Gasteiger partial charge in [0.05, 0.1) is 37.6 Å². The quantitative estimate of drug-likeness (QED) is 0.359. The number of rotatable bonds is 8. The Labute approximate surface area is 218 Å². The van der Waals surface area contributed by atoms with E-state index in [9.17, 15) is 19.8 Å².